The molecule has 4 rings (SSSR count). The van der Waals surface area contributed by atoms with Crippen molar-refractivity contribution in [3.05, 3.63) is 48.3 Å². The van der Waals surface area contributed by atoms with Crippen molar-refractivity contribution in [2.45, 2.75) is 25.3 Å². The molecule has 0 atom stereocenters. The smallest absolute Gasteiger partial charge is 0.253 e. The van der Waals surface area contributed by atoms with Gasteiger partial charge >= 0.3 is 0 Å². The molecule has 2 fully saturated rings. The zero-order chi connectivity index (χ0) is 20.1. The first-order chi connectivity index (χ1) is 14.2. The number of nitrogens with one attached hydrogen (secondary N) is 2. The van der Waals surface area contributed by atoms with Crippen LogP contribution < -0.4 is 15.5 Å². The number of anilines is 2. The van der Waals surface area contributed by atoms with Crippen LogP contribution in [0.2, 0.25) is 0 Å². The quantitative estimate of drug-likeness (QED) is 0.740. The van der Waals surface area contributed by atoms with Gasteiger partial charge in [0.1, 0.15) is 0 Å². The molecule has 1 saturated heterocycles. The van der Waals surface area contributed by atoms with E-state index in [0.717, 1.165) is 45.0 Å². The van der Waals surface area contributed by atoms with Crippen molar-refractivity contribution in [3.8, 4) is 0 Å². The molecule has 1 aliphatic heterocycles. The zero-order valence-electron chi connectivity index (χ0n) is 16.4. The minimum Gasteiger partial charge on any atom is -0.349 e. The summed E-state index contributed by atoms with van der Waals surface area (Å²) < 4.78 is 0. The van der Waals surface area contributed by atoms with E-state index in [-0.39, 0.29) is 17.9 Å². The SMILES string of the molecule is O=C(CCN1CCN(c2ncccn2)CC1)Nc1ccccc1C(=O)NC1CC1. The zero-order valence-corrected chi connectivity index (χ0v) is 16.4. The number of benzene rings is 1. The van der Waals surface area contributed by atoms with E-state index >= 15 is 0 Å². The number of para-hydroxylation sites is 1. The summed E-state index contributed by atoms with van der Waals surface area (Å²) in [6.07, 6.45) is 5.96. The molecule has 0 radical (unpaired) electrons. The molecule has 1 aromatic carbocycles. The largest absolute Gasteiger partial charge is 0.349 e. The molecular weight excluding hydrogens is 368 g/mol. The van der Waals surface area contributed by atoms with Gasteiger partial charge in [0.15, 0.2) is 0 Å². The lowest BCUT2D eigenvalue weighted by atomic mass is 10.1. The maximum atomic E-state index is 12.5. The third-order valence-corrected chi connectivity index (χ3v) is 5.22. The molecular formula is C21H26N6O2. The Bertz CT molecular complexity index is 847. The third kappa shape index (κ3) is 5.29. The van der Waals surface area contributed by atoms with Crippen LogP contribution in [0.4, 0.5) is 11.6 Å². The first-order valence-electron chi connectivity index (χ1n) is 10.1. The van der Waals surface area contributed by atoms with Crippen LogP contribution >= 0.6 is 0 Å². The first-order valence-corrected chi connectivity index (χ1v) is 10.1. The van der Waals surface area contributed by atoms with Crippen molar-refractivity contribution in [2.24, 2.45) is 0 Å². The van der Waals surface area contributed by atoms with Gasteiger partial charge in [-0.2, -0.15) is 0 Å². The van der Waals surface area contributed by atoms with Gasteiger partial charge in [0.05, 0.1) is 11.3 Å². The van der Waals surface area contributed by atoms with Crippen molar-refractivity contribution in [1.82, 2.24) is 20.2 Å². The molecule has 0 spiro atoms. The Morgan fingerprint density at radius 2 is 1.72 bits per heavy atom. The van der Waals surface area contributed by atoms with Crippen LogP contribution in [-0.4, -0.2) is 65.4 Å². The highest BCUT2D eigenvalue weighted by molar-refractivity contribution is 6.03. The number of carbonyl (C=O) groups is 2. The van der Waals surface area contributed by atoms with Gasteiger partial charge < -0.3 is 15.5 Å². The molecule has 8 heteroatoms. The van der Waals surface area contributed by atoms with E-state index in [1.165, 1.54) is 0 Å². The molecule has 1 aliphatic carbocycles. The van der Waals surface area contributed by atoms with Gasteiger partial charge in [-0.1, -0.05) is 12.1 Å². The minimum atomic E-state index is -0.123. The van der Waals surface area contributed by atoms with Crippen molar-refractivity contribution < 1.29 is 9.59 Å². The number of hydrogen-bond donors (Lipinski definition) is 2. The van der Waals surface area contributed by atoms with Gasteiger partial charge in [0.2, 0.25) is 11.9 Å². The van der Waals surface area contributed by atoms with Crippen molar-refractivity contribution in [1.29, 1.82) is 0 Å². The highest BCUT2D eigenvalue weighted by Gasteiger charge is 2.25. The molecule has 152 valence electrons. The predicted octanol–water partition coefficient (Wildman–Crippen LogP) is 1.52. The number of nitrogens with zero attached hydrogens (tertiary/aromatic N) is 4. The van der Waals surface area contributed by atoms with E-state index < -0.39 is 0 Å². The molecule has 2 aliphatic rings. The van der Waals surface area contributed by atoms with Gasteiger partial charge in [-0.25, -0.2) is 9.97 Å². The fraction of sp³-hybridized carbons (Fsp3) is 0.429. The number of rotatable bonds is 7. The number of aromatic nitrogens is 2. The van der Waals surface area contributed by atoms with Gasteiger partial charge in [-0.3, -0.25) is 14.5 Å². The van der Waals surface area contributed by atoms with E-state index in [1.807, 2.05) is 18.2 Å². The van der Waals surface area contributed by atoms with Crippen molar-refractivity contribution in [3.63, 3.8) is 0 Å². The Kier molecular flexibility index (Phi) is 6.00. The van der Waals surface area contributed by atoms with Crippen LogP contribution in [0.3, 0.4) is 0 Å². The topological polar surface area (TPSA) is 90.5 Å². The lowest BCUT2D eigenvalue weighted by molar-refractivity contribution is -0.116. The average Bonchev–Trinajstić information content (AvgIpc) is 3.57. The summed E-state index contributed by atoms with van der Waals surface area (Å²) in [5.74, 6) is 0.555. The van der Waals surface area contributed by atoms with Crippen molar-refractivity contribution in [2.75, 3.05) is 42.9 Å². The summed E-state index contributed by atoms with van der Waals surface area (Å²) >= 11 is 0. The summed E-state index contributed by atoms with van der Waals surface area (Å²) in [6.45, 7) is 4.11. The third-order valence-electron chi connectivity index (χ3n) is 5.22. The molecule has 0 unspecified atom stereocenters. The number of amides is 2. The summed E-state index contributed by atoms with van der Waals surface area (Å²) in [5.41, 5.74) is 1.09. The molecule has 1 saturated carbocycles. The Morgan fingerprint density at radius 1 is 1.00 bits per heavy atom. The van der Waals surface area contributed by atoms with E-state index in [4.69, 9.17) is 0 Å². The lowest BCUT2D eigenvalue weighted by Gasteiger charge is -2.34. The van der Waals surface area contributed by atoms with E-state index in [9.17, 15) is 9.59 Å². The highest BCUT2D eigenvalue weighted by Crippen LogP contribution is 2.21. The average molecular weight is 394 g/mol. The van der Waals surface area contributed by atoms with Crippen LogP contribution in [0, 0.1) is 0 Å². The van der Waals surface area contributed by atoms with Crippen LogP contribution in [0.1, 0.15) is 29.6 Å². The second-order valence-corrected chi connectivity index (χ2v) is 7.47. The molecule has 0 bridgehead atoms. The molecule has 2 heterocycles. The van der Waals surface area contributed by atoms with Gasteiger partial charge in [-0.15, -0.1) is 0 Å². The first kappa shape index (κ1) is 19.3. The van der Waals surface area contributed by atoms with E-state index in [2.05, 4.69) is 30.4 Å². The maximum absolute atomic E-state index is 12.5. The predicted molar refractivity (Wildman–Crippen MR) is 111 cm³/mol. The summed E-state index contributed by atoms with van der Waals surface area (Å²) in [7, 11) is 0. The summed E-state index contributed by atoms with van der Waals surface area (Å²) in [6, 6.07) is 9.26. The number of hydrogen-bond acceptors (Lipinski definition) is 6. The molecule has 2 N–H and O–H groups in total. The fourth-order valence-corrected chi connectivity index (χ4v) is 3.38. The van der Waals surface area contributed by atoms with Crippen LogP contribution in [0.5, 0.6) is 0 Å². The minimum absolute atomic E-state index is 0.0782. The monoisotopic (exact) mass is 394 g/mol. The molecule has 2 amide bonds. The Hall–Kier alpha value is -3.00. The molecule has 2 aromatic rings. The molecule has 8 nitrogen and oxygen atoms in total. The van der Waals surface area contributed by atoms with Gasteiger partial charge in [0.25, 0.3) is 5.91 Å². The standard InChI is InChI=1S/C21H26N6O2/c28-19(25-18-5-2-1-4-17(18)20(29)24-16-6-7-16)8-11-26-12-14-27(15-13-26)21-22-9-3-10-23-21/h1-5,9-10,16H,6-8,11-15H2,(H,24,29)(H,25,28). The summed E-state index contributed by atoms with van der Waals surface area (Å²) in [5, 5.41) is 5.87. The summed E-state index contributed by atoms with van der Waals surface area (Å²) in [4.78, 5) is 37.8. The van der Waals surface area contributed by atoms with Crippen LogP contribution in [0.25, 0.3) is 0 Å². The van der Waals surface area contributed by atoms with Crippen molar-refractivity contribution >= 4 is 23.5 Å². The van der Waals surface area contributed by atoms with E-state index in [1.54, 1.807) is 24.5 Å². The van der Waals surface area contributed by atoms with Crippen LogP contribution in [-0.2, 0) is 4.79 Å². The lowest BCUT2D eigenvalue weighted by Crippen LogP contribution is -2.47. The Labute approximate surface area is 170 Å². The Morgan fingerprint density at radius 3 is 2.45 bits per heavy atom. The fourth-order valence-electron chi connectivity index (χ4n) is 3.38. The van der Waals surface area contributed by atoms with Gasteiger partial charge in [0, 0.05) is 57.6 Å². The highest BCUT2D eigenvalue weighted by atomic mass is 16.2. The van der Waals surface area contributed by atoms with Crippen LogP contribution in [0.15, 0.2) is 42.7 Å². The number of piperazine rings is 1. The molecule has 29 heavy (non-hydrogen) atoms. The molecule has 1 aromatic heterocycles. The Balaban J connectivity index is 1.24. The second-order valence-electron chi connectivity index (χ2n) is 7.47. The second kappa shape index (κ2) is 9.00. The van der Waals surface area contributed by atoms with Gasteiger partial charge in [-0.05, 0) is 31.0 Å². The maximum Gasteiger partial charge on any atom is 0.253 e. The van der Waals surface area contributed by atoms with E-state index in [0.29, 0.717) is 24.2 Å². The normalized spacial score (nSPS) is 17.0. The number of carbonyl (C=O) groups excluding carboxylic acids is 2.